The summed E-state index contributed by atoms with van der Waals surface area (Å²) in [6.45, 7) is 4.13. The van der Waals surface area contributed by atoms with Crippen molar-refractivity contribution in [3.05, 3.63) is 81.5 Å². The maximum Gasteiger partial charge on any atom is 0.255 e. The van der Waals surface area contributed by atoms with E-state index in [1.54, 1.807) is 12.1 Å². The van der Waals surface area contributed by atoms with Crippen LogP contribution in [0.25, 0.3) is 0 Å². The Morgan fingerprint density at radius 3 is 2.41 bits per heavy atom. The number of aryl methyl sites for hydroxylation is 2. The molecule has 0 bridgehead atoms. The minimum absolute atomic E-state index is 0.0622. The molecule has 0 unspecified atom stereocenters. The molecule has 0 saturated heterocycles. The van der Waals surface area contributed by atoms with E-state index in [0.29, 0.717) is 5.69 Å². The Hall–Kier alpha value is -2.48. The van der Waals surface area contributed by atoms with E-state index in [0.717, 1.165) is 16.0 Å². The molecule has 140 valence electrons. The largest absolute Gasteiger partial charge is 0.322 e. The van der Waals surface area contributed by atoms with Gasteiger partial charge in [0.2, 0.25) is 10.0 Å². The van der Waals surface area contributed by atoms with Gasteiger partial charge in [0.1, 0.15) is 0 Å². The first kappa shape index (κ1) is 19.3. The quantitative estimate of drug-likeness (QED) is 0.654. The summed E-state index contributed by atoms with van der Waals surface area (Å²) in [5, 5.41) is 4.71. The first-order valence-corrected chi connectivity index (χ1v) is 10.7. The van der Waals surface area contributed by atoms with Gasteiger partial charge < -0.3 is 5.32 Å². The van der Waals surface area contributed by atoms with Crippen LogP contribution in [0, 0.1) is 13.8 Å². The van der Waals surface area contributed by atoms with Crippen LogP contribution < -0.4 is 10.0 Å². The minimum Gasteiger partial charge on any atom is -0.322 e. The fourth-order valence-electron chi connectivity index (χ4n) is 2.72. The van der Waals surface area contributed by atoms with E-state index in [1.807, 2.05) is 49.6 Å². The Morgan fingerprint density at radius 1 is 1.00 bits per heavy atom. The normalized spacial score (nSPS) is 11.3. The highest BCUT2D eigenvalue weighted by Crippen LogP contribution is 2.17. The standard InChI is InChI=1S/C20H20N2O3S2/c1-14-9-15(2)11-17(10-14)22-20(23)16-5-3-7-19(12-16)27(24,25)21-13-18-6-4-8-26-18/h3-12,21H,13H2,1-2H3,(H,22,23). The molecule has 27 heavy (non-hydrogen) atoms. The van der Waals surface area contributed by atoms with Gasteiger partial charge in [-0.15, -0.1) is 11.3 Å². The highest BCUT2D eigenvalue weighted by Gasteiger charge is 2.16. The smallest absolute Gasteiger partial charge is 0.255 e. The zero-order valence-electron chi connectivity index (χ0n) is 15.0. The molecule has 0 atom stereocenters. The maximum atomic E-state index is 12.5. The Kier molecular flexibility index (Phi) is 5.74. The average molecular weight is 401 g/mol. The molecule has 0 aliphatic carbocycles. The summed E-state index contributed by atoms with van der Waals surface area (Å²) in [6, 6.07) is 15.5. The van der Waals surface area contributed by atoms with Crippen molar-refractivity contribution in [2.75, 3.05) is 5.32 Å². The number of sulfonamides is 1. The number of carbonyl (C=O) groups excluding carboxylic acids is 1. The molecule has 0 spiro atoms. The fraction of sp³-hybridized carbons (Fsp3) is 0.150. The number of rotatable bonds is 6. The Balaban J connectivity index is 1.76. The molecular formula is C20H20N2O3S2. The van der Waals surface area contributed by atoms with Gasteiger partial charge in [0, 0.05) is 22.7 Å². The van der Waals surface area contributed by atoms with Crippen LogP contribution in [0.5, 0.6) is 0 Å². The second kappa shape index (κ2) is 8.04. The molecule has 1 heterocycles. The number of hydrogen-bond acceptors (Lipinski definition) is 4. The van der Waals surface area contributed by atoms with Crippen LogP contribution in [0.3, 0.4) is 0 Å². The number of nitrogens with one attached hydrogen (secondary N) is 2. The van der Waals surface area contributed by atoms with Crippen LogP contribution >= 0.6 is 11.3 Å². The van der Waals surface area contributed by atoms with Gasteiger partial charge in [0.05, 0.1) is 4.90 Å². The van der Waals surface area contributed by atoms with E-state index in [9.17, 15) is 13.2 Å². The molecule has 2 N–H and O–H groups in total. The zero-order chi connectivity index (χ0) is 19.4. The lowest BCUT2D eigenvalue weighted by Gasteiger charge is -2.10. The first-order valence-electron chi connectivity index (χ1n) is 8.35. The molecule has 7 heteroatoms. The number of hydrogen-bond donors (Lipinski definition) is 2. The van der Waals surface area contributed by atoms with E-state index >= 15 is 0 Å². The van der Waals surface area contributed by atoms with Crippen LogP contribution in [-0.4, -0.2) is 14.3 Å². The number of thiophene rings is 1. The SMILES string of the molecule is Cc1cc(C)cc(NC(=O)c2cccc(S(=O)(=O)NCc3cccs3)c2)c1. The summed E-state index contributed by atoms with van der Waals surface area (Å²) in [7, 11) is -3.70. The molecule has 3 rings (SSSR count). The Labute approximate surface area is 163 Å². The molecular weight excluding hydrogens is 380 g/mol. The van der Waals surface area contributed by atoms with Gasteiger partial charge in [-0.3, -0.25) is 4.79 Å². The number of carbonyl (C=O) groups is 1. The fourth-order valence-corrected chi connectivity index (χ4v) is 4.51. The highest BCUT2D eigenvalue weighted by atomic mass is 32.2. The zero-order valence-corrected chi connectivity index (χ0v) is 16.7. The van der Waals surface area contributed by atoms with Crippen molar-refractivity contribution in [3.8, 4) is 0 Å². The highest BCUT2D eigenvalue weighted by molar-refractivity contribution is 7.89. The third-order valence-electron chi connectivity index (χ3n) is 3.90. The van der Waals surface area contributed by atoms with Gasteiger partial charge in [-0.2, -0.15) is 0 Å². The third-order valence-corrected chi connectivity index (χ3v) is 6.18. The molecule has 0 radical (unpaired) electrons. The summed E-state index contributed by atoms with van der Waals surface area (Å²) >= 11 is 1.48. The van der Waals surface area contributed by atoms with Crippen molar-refractivity contribution >= 4 is 33.0 Å². The second-order valence-electron chi connectivity index (χ2n) is 6.26. The van der Waals surface area contributed by atoms with Crippen molar-refractivity contribution in [2.45, 2.75) is 25.3 Å². The first-order chi connectivity index (χ1) is 12.8. The topological polar surface area (TPSA) is 75.3 Å². The van der Waals surface area contributed by atoms with Gasteiger partial charge in [-0.05, 0) is 66.8 Å². The minimum atomic E-state index is -3.70. The van der Waals surface area contributed by atoms with E-state index in [1.165, 1.54) is 23.5 Å². The summed E-state index contributed by atoms with van der Waals surface area (Å²) in [5.74, 6) is -0.352. The molecule has 1 amide bonds. The Morgan fingerprint density at radius 2 is 1.74 bits per heavy atom. The summed E-state index contributed by atoms with van der Waals surface area (Å²) in [6.07, 6.45) is 0. The number of anilines is 1. The van der Waals surface area contributed by atoms with Gasteiger partial charge in [0.25, 0.3) is 5.91 Å². The predicted octanol–water partition coefficient (Wildman–Crippen LogP) is 4.10. The van der Waals surface area contributed by atoms with E-state index in [4.69, 9.17) is 0 Å². The van der Waals surface area contributed by atoms with Crippen LogP contribution in [0.15, 0.2) is 64.9 Å². The third kappa shape index (κ3) is 5.03. The Bertz CT molecular complexity index is 1040. The van der Waals surface area contributed by atoms with E-state index < -0.39 is 10.0 Å². The lowest BCUT2D eigenvalue weighted by atomic mass is 10.1. The molecule has 2 aromatic carbocycles. The molecule has 5 nitrogen and oxygen atoms in total. The van der Waals surface area contributed by atoms with E-state index in [-0.39, 0.29) is 22.9 Å². The number of benzene rings is 2. The molecule has 1 aromatic heterocycles. The monoisotopic (exact) mass is 400 g/mol. The maximum absolute atomic E-state index is 12.5. The lowest BCUT2D eigenvalue weighted by Crippen LogP contribution is -2.23. The van der Waals surface area contributed by atoms with E-state index in [2.05, 4.69) is 10.0 Å². The summed E-state index contributed by atoms with van der Waals surface area (Å²) in [4.78, 5) is 13.5. The average Bonchev–Trinajstić information content (AvgIpc) is 3.13. The lowest BCUT2D eigenvalue weighted by molar-refractivity contribution is 0.102. The second-order valence-corrected chi connectivity index (χ2v) is 9.06. The van der Waals surface area contributed by atoms with Crippen molar-refractivity contribution < 1.29 is 13.2 Å². The van der Waals surface area contributed by atoms with Crippen LogP contribution in [0.1, 0.15) is 26.4 Å². The summed E-state index contributed by atoms with van der Waals surface area (Å²) in [5.41, 5.74) is 3.05. The van der Waals surface area contributed by atoms with Gasteiger partial charge in [0.15, 0.2) is 0 Å². The van der Waals surface area contributed by atoms with Crippen LogP contribution in [-0.2, 0) is 16.6 Å². The van der Waals surface area contributed by atoms with Gasteiger partial charge >= 0.3 is 0 Å². The van der Waals surface area contributed by atoms with Crippen molar-refractivity contribution in [2.24, 2.45) is 0 Å². The van der Waals surface area contributed by atoms with Crippen molar-refractivity contribution in [1.29, 1.82) is 0 Å². The molecule has 0 fully saturated rings. The predicted molar refractivity (Wildman–Crippen MR) is 109 cm³/mol. The van der Waals surface area contributed by atoms with Crippen molar-refractivity contribution in [3.63, 3.8) is 0 Å². The molecule has 3 aromatic rings. The molecule has 0 aliphatic heterocycles. The van der Waals surface area contributed by atoms with Crippen LogP contribution in [0.4, 0.5) is 5.69 Å². The van der Waals surface area contributed by atoms with Crippen molar-refractivity contribution in [1.82, 2.24) is 4.72 Å². The van der Waals surface area contributed by atoms with Gasteiger partial charge in [-0.1, -0.05) is 18.2 Å². The summed E-state index contributed by atoms with van der Waals surface area (Å²) < 4.78 is 27.6. The molecule has 0 saturated carbocycles. The molecule has 0 aliphatic rings. The number of amides is 1. The van der Waals surface area contributed by atoms with Gasteiger partial charge in [-0.25, -0.2) is 13.1 Å². The van der Waals surface area contributed by atoms with Crippen LogP contribution in [0.2, 0.25) is 0 Å².